The number of benzene rings is 2. The summed E-state index contributed by atoms with van der Waals surface area (Å²) in [5.41, 5.74) is 1.35. The zero-order valence-corrected chi connectivity index (χ0v) is 19.9. The highest BCUT2D eigenvalue weighted by Gasteiger charge is 2.26. The number of carbonyl (C=O) groups is 1. The number of likely N-dealkylation sites (tertiary alicyclic amines) is 1. The van der Waals surface area contributed by atoms with Crippen LogP contribution in [0.2, 0.25) is 5.02 Å². The van der Waals surface area contributed by atoms with Crippen LogP contribution in [-0.2, 0) is 16.6 Å². The molecule has 0 spiro atoms. The molecule has 2 aromatic rings. The zero-order valence-electron chi connectivity index (χ0n) is 18.3. The quantitative estimate of drug-likeness (QED) is 0.589. The summed E-state index contributed by atoms with van der Waals surface area (Å²) in [6, 6.07) is 12.4. The summed E-state index contributed by atoms with van der Waals surface area (Å²) in [4.78, 5) is 14.7. The van der Waals surface area contributed by atoms with E-state index in [1.54, 1.807) is 29.2 Å². The fourth-order valence-electron chi connectivity index (χ4n) is 3.66. The Hall–Kier alpha value is -2.29. The minimum atomic E-state index is -3.26. The topological polar surface area (TPSA) is 84.9 Å². The first-order valence-electron chi connectivity index (χ1n) is 10.7. The van der Waals surface area contributed by atoms with Gasteiger partial charge in [0.15, 0.2) is 11.5 Å². The molecule has 0 aliphatic carbocycles. The van der Waals surface area contributed by atoms with E-state index in [0.29, 0.717) is 54.4 Å². The average molecular weight is 481 g/mol. The minimum Gasteiger partial charge on any atom is -0.493 e. The SMILES string of the molecule is CCCS(=O)(=O)NC1CCN(C(=O)c2ccc(OCc3ccccc3Cl)c(OC)c2)CC1. The molecule has 32 heavy (non-hydrogen) atoms. The van der Waals surface area contributed by atoms with Gasteiger partial charge in [0.1, 0.15) is 6.61 Å². The molecule has 0 radical (unpaired) electrons. The standard InChI is InChI=1S/C23H29ClN2O5S/c1-3-14-32(28,29)25-19-10-12-26(13-11-19)23(27)17-8-9-21(22(15-17)30-2)31-16-18-6-4-5-7-20(18)24/h4-9,15,19,25H,3,10-14,16H2,1-2H3. The van der Waals surface area contributed by atoms with Crippen LogP contribution in [0.1, 0.15) is 42.1 Å². The Balaban J connectivity index is 1.61. The van der Waals surface area contributed by atoms with Gasteiger partial charge in [-0.3, -0.25) is 4.79 Å². The van der Waals surface area contributed by atoms with Gasteiger partial charge in [-0.1, -0.05) is 36.7 Å². The molecule has 1 heterocycles. The van der Waals surface area contributed by atoms with Gasteiger partial charge in [0.25, 0.3) is 5.91 Å². The van der Waals surface area contributed by atoms with Crippen LogP contribution < -0.4 is 14.2 Å². The maximum Gasteiger partial charge on any atom is 0.253 e. The van der Waals surface area contributed by atoms with Crippen LogP contribution in [-0.4, -0.2) is 51.2 Å². The number of nitrogens with one attached hydrogen (secondary N) is 1. The lowest BCUT2D eigenvalue weighted by molar-refractivity contribution is 0.0711. The number of hydrogen-bond acceptors (Lipinski definition) is 5. The number of nitrogens with zero attached hydrogens (tertiary/aromatic N) is 1. The van der Waals surface area contributed by atoms with Gasteiger partial charge in [-0.2, -0.15) is 0 Å². The summed E-state index contributed by atoms with van der Waals surface area (Å²) < 4.78 is 38.0. The molecule has 0 unspecified atom stereocenters. The van der Waals surface area contributed by atoms with E-state index in [1.165, 1.54) is 7.11 Å². The van der Waals surface area contributed by atoms with Gasteiger partial charge in [0.2, 0.25) is 10.0 Å². The summed E-state index contributed by atoms with van der Waals surface area (Å²) in [7, 11) is -1.73. The lowest BCUT2D eigenvalue weighted by Crippen LogP contribution is -2.46. The number of methoxy groups -OCH3 is 1. The molecule has 174 valence electrons. The van der Waals surface area contributed by atoms with Crippen molar-refractivity contribution in [2.24, 2.45) is 0 Å². The number of sulfonamides is 1. The largest absolute Gasteiger partial charge is 0.493 e. The number of amides is 1. The molecule has 1 amide bonds. The summed E-state index contributed by atoms with van der Waals surface area (Å²) in [6.45, 7) is 3.10. The third kappa shape index (κ3) is 6.37. The first-order chi connectivity index (χ1) is 15.3. The molecule has 3 rings (SSSR count). The van der Waals surface area contributed by atoms with Gasteiger partial charge in [-0.25, -0.2) is 13.1 Å². The molecule has 0 saturated carbocycles. The van der Waals surface area contributed by atoms with Crippen LogP contribution >= 0.6 is 11.6 Å². The Bertz CT molecular complexity index is 1040. The van der Waals surface area contributed by atoms with Gasteiger partial charge < -0.3 is 14.4 Å². The van der Waals surface area contributed by atoms with Crippen LogP contribution in [0.25, 0.3) is 0 Å². The average Bonchev–Trinajstić information content (AvgIpc) is 2.78. The second-order valence-electron chi connectivity index (χ2n) is 7.75. The molecule has 7 nitrogen and oxygen atoms in total. The van der Waals surface area contributed by atoms with Crippen molar-refractivity contribution in [2.45, 2.75) is 38.8 Å². The van der Waals surface area contributed by atoms with E-state index in [0.717, 1.165) is 5.56 Å². The Morgan fingerprint density at radius 3 is 2.53 bits per heavy atom. The predicted octanol–water partition coefficient (Wildman–Crippen LogP) is 3.86. The minimum absolute atomic E-state index is 0.115. The van der Waals surface area contributed by atoms with Gasteiger partial charge in [-0.05, 0) is 43.5 Å². The van der Waals surface area contributed by atoms with Crippen molar-refractivity contribution in [3.63, 3.8) is 0 Å². The van der Waals surface area contributed by atoms with Gasteiger partial charge in [-0.15, -0.1) is 0 Å². The van der Waals surface area contributed by atoms with Crippen molar-refractivity contribution < 1.29 is 22.7 Å². The van der Waals surface area contributed by atoms with Crippen LogP contribution in [0.3, 0.4) is 0 Å². The highest BCUT2D eigenvalue weighted by molar-refractivity contribution is 7.89. The van der Waals surface area contributed by atoms with Crippen LogP contribution in [0.4, 0.5) is 0 Å². The highest BCUT2D eigenvalue weighted by Crippen LogP contribution is 2.30. The molecular formula is C23H29ClN2O5S. The van der Waals surface area contributed by atoms with Crippen molar-refractivity contribution in [3.05, 3.63) is 58.6 Å². The first-order valence-corrected chi connectivity index (χ1v) is 12.7. The number of rotatable bonds is 9. The van der Waals surface area contributed by atoms with E-state index in [4.69, 9.17) is 21.1 Å². The zero-order chi connectivity index (χ0) is 23.1. The van der Waals surface area contributed by atoms with E-state index in [9.17, 15) is 13.2 Å². The molecular weight excluding hydrogens is 452 g/mol. The molecule has 1 aliphatic rings. The van der Waals surface area contributed by atoms with Gasteiger partial charge >= 0.3 is 0 Å². The highest BCUT2D eigenvalue weighted by atomic mass is 35.5. The normalized spacial score (nSPS) is 14.9. The van der Waals surface area contributed by atoms with Crippen molar-refractivity contribution in [2.75, 3.05) is 26.0 Å². The molecule has 2 aromatic carbocycles. The summed E-state index contributed by atoms with van der Waals surface area (Å²) in [5.74, 6) is 0.991. The molecule has 0 atom stereocenters. The monoisotopic (exact) mass is 480 g/mol. The Kier molecular flexibility index (Phi) is 8.39. The molecule has 1 saturated heterocycles. The smallest absolute Gasteiger partial charge is 0.253 e. The van der Waals surface area contributed by atoms with Crippen molar-refractivity contribution in [1.29, 1.82) is 0 Å². The predicted molar refractivity (Wildman–Crippen MR) is 125 cm³/mol. The fraction of sp³-hybridized carbons (Fsp3) is 0.435. The third-order valence-corrected chi connectivity index (χ3v) is 7.36. The summed E-state index contributed by atoms with van der Waals surface area (Å²) >= 11 is 6.18. The van der Waals surface area contributed by atoms with E-state index in [1.807, 2.05) is 25.1 Å². The first kappa shape index (κ1) is 24.4. The van der Waals surface area contributed by atoms with E-state index in [2.05, 4.69) is 4.72 Å². The number of ether oxygens (including phenoxy) is 2. The molecule has 0 bridgehead atoms. The second kappa shape index (κ2) is 11.0. The van der Waals surface area contributed by atoms with E-state index >= 15 is 0 Å². The number of hydrogen-bond donors (Lipinski definition) is 1. The maximum atomic E-state index is 13.0. The molecule has 1 N–H and O–H groups in total. The van der Waals surface area contributed by atoms with Gasteiger partial charge in [0.05, 0.1) is 12.9 Å². The Labute approximate surface area is 194 Å². The fourth-order valence-corrected chi connectivity index (χ4v) is 5.24. The summed E-state index contributed by atoms with van der Waals surface area (Å²) in [6.07, 6.45) is 1.75. The van der Waals surface area contributed by atoms with E-state index < -0.39 is 10.0 Å². The Morgan fingerprint density at radius 1 is 1.16 bits per heavy atom. The third-order valence-electron chi connectivity index (χ3n) is 5.35. The number of piperidine rings is 1. The van der Waals surface area contributed by atoms with Crippen LogP contribution in [0, 0.1) is 0 Å². The molecule has 0 aromatic heterocycles. The number of halogens is 1. The van der Waals surface area contributed by atoms with Gasteiger partial charge in [0, 0.05) is 35.3 Å². The van der Waals surface area contributed by atoms with Crippen LogP contribution in [0.15, 0.2) is 42.5 Å². The van der Waals surface area contributed by atoms with Crippen LogP contribution in [0.5, 0.6) is 11.5 Å². The lowest BCUT2D eigenvalue weighted by atomic mass is 10.0. The maximum absolute atomic E-state index is 13.0. The van der Waals surface area contributed by atoms with Crippen molar-refractivity contribution in [3.8, 4) is 11.5 Å². The lowest BCUT2D eigenvalue weighted by Gasteiger charge is -2.32. The van der Waals surface area contributed by atoms with Crippen molar-refractivity contribution >= 4 is 27.5 Å². The number of carbonyl (C=O) groups excluding carboxylic acids is 1. The molecule has 1 fully saturated rings. The van der Waals surface area contributed by atoms with E-state index in [-0.39, 0.29) is 24.3 Å². The van der Waals surface area contributed by atoms with Crippen molar-refractivity contribution in [1.82, 2.24) is 9.62 Å². The second-order valence-corrected chi connectivity index (χ2v) is 10.0. The Morgan fingerprint density at radius 2 is 1.88 bits per heavy atom. The molecule has 9 heteroatoms. The molecule has 1 aliphatic heterocycles. The summed E-state index contributed by atoms with van der Waals surface area (Å²) in [5, 5.41) is 0.624.